The van der Waals surface area contributed by atoms with E-state index in [2.05, 4.69) is 11.1 Å². The molecule has 0 saturated heterocycles. The number of thiazole rings is 1. The minimum Gasteiger partial charge on any atom is -0.242 e. The van der Waals surface area contributed by atoms with Gasteiger partial charge in [-0.1, -0.05) is 12.1 Å². The molecule has 1 aromatic heterocycles. The van der Waals surface area contributed by atoms with Crippen molar-refractivity contribution in [3.8, 4) is 0 Å². The zero-order valence-electron chi connectivity index (χ0n) is 6.16. The molecule has 0 spiro atoms. The SMILES string of the molecule is Cc1nc2ccccc2s1.[Ti]. The van der Waals surface area contributed by atoms with Crippen molar-refractivity contribution < 1.29 is 21.7 Å². The molecule has 0 saturated carbocycles. The van der Waals surface area contributed by atoms with Crippen molar-refractivity contribution in [1.29, 1.82) is 0 Å². The van der Waals surface area contributed by atoms with Crippen LogP contribution in [0.15, 0.2) is 24.3 Å². The van der Waals surface area contributed by atoms with E-state index in [1.807, 2.05) is 25.1 Å². The monoisotopic (exact) mass is 197 g/mol. The molecule has 2 rings (SSSR count). The van der Waals surface area contributed by atoms with E-state index in [0.717, 1.165) is 10.5 Å². The first-order valence-electron chi connectivity index (χ1n) is 3.18. The van der Waals surface area contributed by atoms with Crippen LogP contribution in [-0.2, 0) is 21.7 Å². The summed E-state index contributed by atoms with van der Waals surface area (Å²) in [5.41, 5.74) is 1.12. The van der Waals surface area contributed by atoms with Gasteiger partial charge in [0.15, 0.2) is 0 Å². The smallest absolute Gasteiger partial charge is 0.0907 e. The van der Waals surface area contributed by atoms with Crippen LogP contribution in [0.25, 0.3) is 10.2 Å². The van der Waals surface area contributed by atoms with E-state index < -0.39 is 0 Å². The molecule has 0 atom stereocenters. The van der Waals surface area contributed by atoms with E-state index in [1.165, 1.54) is 4.70 Å². The summed E-state index contributed by atoms with van der Waals surface area (Å²) in [4.78, 5) is 4.33. The largest absolute Gasteiger partial charge is 0.242 e. The second-order valence-electron chi connectivity index (χ2n) is 2.20. The van der Waals surface area contributed by atoms with Gasteiger partial charge >= 0.3 is 0 Å². The van der Waals surface area contributed by atoms with E-state index in [0.29, 0.717) is 0 Å². The average Bonchev–Trinajstić information content (AvgIpc) is 2.27. The maximum Gasteiger partial charge on any atom is 0.0907 e. The van der Waals surface area contributed by atoms with Gasteiger partial charge in [-0.15, -0.1) is 11.3 Å². The third-order valence-electron chi connectivity index (χ3n) is 1.40. The van der Waals surface area contributed by atoms with Crippen LogP contribution in [0.5, 0.6) is 0 Å². The van der Waals surface area contributed by atoms with Crippen LogP contribution >= 0.6 is 11.3 Å². The van der Waals surface area contributed by atoms with Gasteiger partial charge in [0.2, 0.25) is 0 Å². The summed E-state index contributed by atoms with van der Waals surface area (Å²) in [5, 5.41) is 1.14. The van der Waals surface area contributed by atoms with Crippen molar-refractivity contribution in [2.75, 3.05) is 0 Å². The molecule has 3 heteroatoms. The number of rotatable bonds is 0. The first-order valence-corrected chi connectivity index (χ1v) is 4.00. The molecule has 1 nitrogen and oxygen atoms in total. The third-order valence-corrected chi connectivity index (χ3v) is 2.35. The Labute approximate surface area is 84.3 Å². The molecule has 0 amide bonds. The summed E-state index contributed by atoms with van der Waals surface area (Å²) < 4.78 is 1.28. The Kier molecular flexibility index (Phi) is 2.82. The second kappa shape index (κ2) is 3.48. The van der Waals surface area contributed by atoms with Gasteiger partial charge in [-0.3, -0.25) is 0 Å². The minimum absolute atomic E-state index is 0. The number of aryl methyl sites for hydroxylation is 1. The molecule has 54 valence electrons. The number of fused-ring (bicyclic) bond motifs is 1. The topological polar surface area (TPSA) is 12.9 Å². The van der Waals surface area contributed by atoms with Gasteiger partial charge in [0.05, 0.1) is 15.2 Å². The third kappa shape index (κ3) is 1.70. The zero-order chi connectivity index (χ0) is 6.97. The van der Waals surface area contributed by atoms with E-state index in [9.17, 15) is 0 Å². The summed E-state index contributed by atoms with van der Waals surface area (Å²) in [6.45, 7) is 2.03. The second-order valence-corrected chi connectivity index (χ2v) is 3.44. The van der Waals surface area contributed by atoms with Crippen LogP contribution < -0.4 is 0 Å². The molecule has 0 radical (unpaired) electrons. The number of benzene rings is 1. The molecule has 0 N–H and O–H groups in total. The van der Waals surface area contributed by atoms with E-state index in [-0.39, 0.29) is 21.7 Å². The van der Waals surface area contributed by atoms with Gasteiger partial charge in [-0.05, 0) is 19.1 Å². The molecular weight excluding hydrogens is 190 g/mol. The fourth-order valence-corrected chi connectivity index (χ4v) is 1.81. The van der Waals surface area contributed by atoms with Gasteiger partial charge in [0, 0.05) is 21.7 Å². The standard InChI is InChI=1S/C8H7NS.Ti/c1-6-9-7-4-2-3-5-8(7)10-6;/h2-5H,1H3;. The molecule has 0 unspecified atom stereocenters. The van der Waals surface area contributed by atoms with E-state index in [1.54, 1.807) is 11.3 Å². The Hall–Kier alpha value is -0.176. The summed E-state index contributed by atoms with van der Waals surface area (Å²) in [5.74, 6) is 0. The molecule has 2 aromatic rings. The van der Waals surface area contributed by atoms with E-state index in [4.69, 9.17) is 0 Å². The summed E-state index contributed by atoms with van der Waals surface area (Å²) in [6.07, 6.45) is 0. The molecule has 0 fully saturated rings. The quantitative estimate of drug-likeness (QED) is 0.591. The van der Waals surface area contributed by atoms with Crippen LogP contribution in [-0.4, -0.2) is 4.98 Å². The maximum atomic E-state index is 4.33. The molecular formula is C8H7NSTi. The fraction of sp³-hybridized carbons (Fsp3) is 0.125. The molecule has 0 aliphatic heterocycles. The fourth-order valence-electron chi connectivity index (χ4n) is 0.987. The Bertz CT molecular complexity index is 323. The molecule has 1 heterocycles. The summed E-state index contributed by atoms with van der Waals surface area (Å²) in [7, 11) is 0. The maximum absolute atomic E-state index is 4.33. The summed E-state index contributed by atoms with van der Waals surface area (Å²) in [6, 6.07) is 8.19. The van der Waals surface area contributed by atoms with Gasteiger partial charge in [-0.2, -0.15) is 0 Å². The van der Waals surface area contributed by atoms with E-state index >= 15 is 0 Å². The van der Waals surface area contributed by atoms with Crippen LogP contribution in [0.1, 0.15) is 5.01 Å². The Morgan fingerprint density at radius 1 is 1.27 bits per heavy atom. The van der Waals surface area contributed by atoms with Crippen LogP contribution in [0, 0.1) is 6.92 Å². The van der Waals surface area contributed by atoms with Gasteiger partial charge in [0.25, 0.3) is 0 Å². The molecule has 11 heavy (non-hydrogen) atoms. The number of nitrogens with zero attached hydrogens (tertiary/aromatic N) is 1. The number of hydrogen-bond acceptors (Lipinski definition) is 2. The average molecular weight is 197 g/mol. The summed E-state index contributed by atoms with van der Waals surface area (Å²) >= 11 is 1.74. The van der Waals surface area contributed by atoms with Crippen LogP contribution in [0.2, 0.25) is 0 Å². The van der Waals surface area contributed by atoms with Crippen molar-refractivity contribution in [3.05, 3.63) is 29.3 Å². The number of para-hydroxylation sites is 1. The van der Waals surface area contributed by atoms with Gasteiger partial charge in [-0.25, -0.2) is 4.98 Å². The molecule has 0 aliphatic carbocycles. The predicted molar refractivity (Wildman–Crippen MR) is 44.4 cm³/mol. The Balaban J connectivity index is 0.000000605. The zero-order valence-corrected chi connectivity index (χ0v) is 8.54. The van der Waals surface area contributed by atoms with Gasteiger partial charge in [0.1, 0.15) is 0 Å². The van der Waals surface area contributed by atoms with Gasteiger partial charge < -0.3 is 0 Å². The number of aromatic nitrogens is 1. The molecule has 0 bridgehead atoms. The first kappa shape index (κ1) is 8.92. The number of hydrogen-bond donors (Lipinski definition) is 0. The van der Waals surface area contributed by atoms with Crippen molar-refractivity contribution in [2.24, 2.45) is 0 Å². The Morgan fingerprint density at radius 2 is 2.00 bits per heavy atom. The van der Waals surface area contributed by atoms with Crippen molar-refractivity contribution >= 4 is 21.6 Å². The van der Waals surface area contributed by atoms with Crippen molar-refractivity contribution in [3.63, 3.8) is 0 Å². The van der Waals surface area contributed by atoms with Crippen LogP contribution in [0.3, 0.4) is 0 Å². The Morgan fingerprint density at radius 3 is 2.73 bits per heavy atom. The minimum atomic E-state index is 0. The molecule has 0 aliphatic rings. The van der Waals surface area contributed by atoms with Crippen molar-refractivity contribution in [2.45, 2.75) is 6.92 Å². The molecule has 1 aromatic carbocycles. The predicted octanol–water partition coefficient (Wildman–Crippen LogP) is 2.60. The first-order chi connectivity index (χ1) is 4.86. The normalized spacial score (nSPS) is 9.55. The van der Waals surface area contributed by atoms with Crippen LogP contribution in [0.4, 0.5) is 0 Å². The van der Waals surface area contributed by atoms with Crippen molar-refractivity contribution in [1.82, 2.24) is 4.98 Å².